The zero-order chi connectivity index (χ0) is 16.6. The normalized spacial score (nSPS) is 23.1. The lowest BCUT2D eigenvalue weighted by Gasteiger charge is -2.33. The minimum absolute atomic E-state index is 0.177. The third-order valence-corrected chi connectivity index (χ3v) is 4.89. The van der Waals surface area contributed by atoms with Crippen LogP contribution in [0.2, 0.25) is 0 Å². The lowest BCUT2D eigenvalue weighted by Crippen LogP contribution is -3.10. The first-order valence-electron chi connectivity index (χ1n) is 8.09. The molecule has 0 amide bonds. The summed E-state index contributed by atoms with van der Waals surface area (Å²) in [4.78, 5) is 1.39. The number of oxime groups is 1. The van der Waals surface area contributed by atoms with Crippen molar-refractivity contribution in [1.29, 1.82) is 0 Å². The van der Waals surface area contributed by atoms with Crippen LogP contribution in [0.5, 0.6) is 17.2 Å². The second-order valence-electron chi connectivity index (χ2n) is 6.57. The van der Waals surface area contributed by atoms with Crippen molar-refractivity contribution in [3.05, 3.63) is 17.2 Å². The molecule has 2 heterocycles. The molecule has 6 heteroatoms. The van der Waals surface area contributed by atoms with E-state index in [-0.39, 0.29) is 18.8 Å². The third kappa shape index (κ3) is 2.72. The Morgan fingerprint density at radius 3 is 2.91 bits per heavy atom. The van der Waals surface area contributed by atoms with E-state index in [1.807, 2.05) is 13.8 Å². The zero-order valence-electron chi connectivity index (χ0n) is 14.2. The first-order chi connectivity index (χ1) is 11.1. The molecule has 1 aromatic rings. The molecule has 0 bridgehead atoms. The van der Waals surface area contributed by atoms with E-state index in [1.165, 1.54) is 10.5 Å². The predicted molar refractivity (Wildman–Crippen MR) is 86.0 cm³/mol. The maximum atomic E-state index is 9.35. The Bertz CT molecular complexity index is 628. The maximum absolute atomic E-state index is 9.35. The summed E-state index contributed by atoms with van der Waals surface area (Å²) in [6.07, 6.45) is 1.67. The molecule has 6 nitrogen and oxygen atoms in total. The van der Waals surface area contributed by atoms with E-state index < -0.39 is 0 Å². The number of rotatable bonds is 4. The monoisotopic (exact) mass is 321 g/mol. The summed E-state index contributed by atoms with van der Waals surface area (Å²) >= 11 is 0. The molecular weight excluding hydrogens is 296 g/mol. The molecule has 0 aromatic heterocycles. The topological polar surface area (TPSA) is 64.7 Å². The van der Waals surface area contributed by atoms with Gasteiger partial charge in [0.15, 0.2) is 11.5 Å². The molecule has 1 aromatic carbocycles. The van der Waals surface area contributed by atoms with Crippen molar-refractivity contribution in [3.8, 4) is 17.2 Å². The number of fused-ring (bicyclic) bond motifs is 2. The summed E-state index contributed by atoms with van der Waals surface area (Å²) in [5, 5.41) is 12.9. The van der Waals surface area contributed by atoms with Crippen LogP contribution in [0.3, 0.4) is 0 Å². The fourth-order valence-corrected chi connectivity index (χ4v) is 3.50. The minimum Gasteiger partial charge on any atom is -0.492 e. The Labute approximate surface area is 136 Å². The highest BCUT2D eigenvalue weighted by atomic mass is 16.7. The van der Waals surface area contributed by atoms with Crippen molar-refractivity contribution >= 4 is 5.71 Å². The molecule has 0 aliphatic carbocycles. The number of hydrogen-bond acceptors (Lipinski definition) is 5. The SMILES string of the molecule is COc1c2c(cc3c1[C@@H](CC(=NO)C(C)C)[NH+](C)CC3)OCO2. The van der Waals surface area contributed by atoms with Gasteiger partial charge in [-0.2, -0.15) is 0 Å². The first-order valence-corrected chi connectivity index (χ1v) is 8.09. The average molecular weight is 321 g/mol. The molecule has 0 fully saturated rings. The van der Waals surface area contributed by atoms with Gasteiger partial charge in [0, 0.05) is 12.8 Å². The molecule has 0 spiro atoms. The predicted octanol–water partition coefficient (Wildman–Crippen LogP) is 1.41. The van der Waals surface area contributed by atoms with Crippen LogP contribution in [0.15, 0.2) is 11.2 Å². The number of nitrogens with one attached hydrogen (secondary N) is 1. The fraction of sp³-hybridized carbons (Fsp3) is 0.588. The van der Waals surface area contributed by atoms with Gasteiger partial charge >= 0.3 is 0 Å². The van der Waals surface area contributed by atoms with Gasteiger partial charge < -0.3 is 24.3 Å². The molecule has 3 rings (SSSR count). The van der Waals surface area contributed by atoms with Gasteiger partial charge in [-0.1, -0.05) is 19.0 Å². The van der Waals surface area contributed by atoms with Gasteiger partial charge in [0.05, 0.1) is 32.0 Å². The van der Waals surface area contributed by atoms with Crippen molar-refractivity contribution in [2.24, 2.45) is 11.1 Å². The van der Waals surface area contributed by atoms with Gasteiger partial charge in [0.1, 0.15) is 6.04 Å². The highest BCUT2D eigenvalue weighted by Crippen LogP contribution is 2.47. The molecule has 2 aliphatic heterocycles. The number of hydrogen-bond donors (Lipinski definition) is 2. The summed E-state index contributed by atoms with van der Waals surface area (Å²) in [5.74, 6) is 2.43. The zero-order valence-corrected chi connectivity index (χ0v) is 14.2. The van der Waals surface area contributed by atoms with Gasteiger partial charge in [-0.05, 0) is 17.5 Å². The largest absolute Gasteiger partial charge is 0.492 e. The van der Waals surface area contributed by atoms with E-state index in [2.05, 4.69) is 18.3 Å². The minimum atomic E-state index is 0.177. The van der Waals surface area contributed by atoms with Crippen LogP contribution in [-0.2, 0) is 6.42 Å². The van der Waals surface area contributed by atoms with Gasteiger partial charge in [-0.3, -0.25) is 0 Å². The van der Waals surface area contributed by atoms with Crippen LogP contribution >= 0.6 is 0 Å². The van der Waals surface area contributed by atoms with E-state index in [0.29, 0.717) is 12.2 Å². The summed E-state index contributed by atoms with van der Waals surface area (Å²) in [7, 11) is 3.84. The van der Waals surface area contributed by atoms with E-state index >= 15 is 0 Å². The number of quaternary nitrogens is 1. The van der Waals surface area contributed by atoms with Gasteiger partial charge in [-0.25, -0.2) is 0 Å². The number of likely N-dealkylation sites (N-methyl/N-ethyl adjacent to an activating group) is 1. The number of nitrogens with zero attached hydrogens (tertiary/aromatic N) is 1. The molecule has 126 valence electrons. The molecular formula is C17H25N2O4+. The molecule has 0 saturated heterocycles. The summed E-state index contributed by atoms with van der Waals surface area (Å²) in [5.41, 5.74) is 3.20. The van der Waals surface area contributed by atoms with Gasteiger partial charge in [-0.15, -0.1) is 0 Å². The van der Waals surface area contributed by atoms with Gasteiger partial charge in [0.2, 0.25) is 12.5 Å². The number of methoxy groups -OCH3 is 1. The van der Waals surface area contributed by atoms with Crippen molar-refractivity contribution in [2.75, 3.05) is 27.5 Å². The van der Waals surface area contributed by atoms with E-state index in [0.717, 1.165) is 35.7 Å². The first kappa shape index (κ1) is 15.9. The summed E-state index contributed by atoms with van der Waals surface area (Å²) in [6.45, 7) is 5.35. The Balaban J connectivity index is 2.07. The highest BCUT2D eigenvalue weighted by Gasteiger charge is 2.37. The van der Waals surface area contributed by atoms with Crippen LogP contribution in [0.1, 0.15) is 37.4 Å². The number of ether oxygens (including phenoxy) is 3. The fourth-order valence-electron chi connectivity index (χ4n) is 3.50. The Kier molecular flexibility index (Phi) is 4.35. The molecule has 0 saturated carbocycles. The second-order valence-corrected chi connectivity index (χ2v) is 6.57. The van der Waals surface area contributed by atoms with E-state index in [4.69, 9.17) is 14.2 Å². The lowest BCUT2D eigenvalue weighted by molar-refractivity contribution is -0.913. The average Bonchev–Trinajstić information content (AvgIpc) is 2.99. The molecule has 2 atom stereocenters. The Morgan fingerprint density at radius 1 is 1.48 bits per heavy atom. The van der Waals surface area contributed by atoms with Crippen LogP contribution in [0, 0.1) is 5.92 Å². The van der Waals surface area contributed by atoms with Crippen LogP contribution in [-0.4, -0.2) is 38.4 Å². The van der Waals surface area contributed by atoms with Crippen LogP contribution in [0.4, 0.5) is 0 Å². The highest BCUT2D eigenvalue weighted by molar-refractivity contribution is 5.86. The maximum Gasteiger partial charge on any atom is 0.231 e. The molecule has 0 radical (unpaired) electrons. The third-order valence-electron chi connectivity index (χ3n) is 4.89. The Hall–Kier alpha value is -1.95. The van der Waals surface area contributed by atoms with E-state index in [1.54, 1.807) is 7.11 Å². The Morgan fingerprint density at radius 2 is 2.26 bits per heavy atom. The van der Waals surface area contributed by atoms with E-state index in [9.17, 15) is 5.21 Å². The molecule has 2 N–H and O–H groups in total. The smallest absolute Gasteiger partial charge is 0.231 e. The van der Waals surface area contributed by atoms with Crippen molar-refractivity contribution < 1.29 is 24.3 Å². The molecule has 1 unspecified atom stereocenters. The van der Waals surface area contributed by atoms with Gasteiger partial charge in [0.25, 0.3) is 0 Å². The van der Waals surface area contributed by atoms with Crippen LogP contribution in [0.25, 0.3) is 0 Å². The van der Waals surface area contributed by atoms with Crippen molar-refractivity contribution in [1.82, 2.24) is 0 Å². The quantitative estimate of drug-likeness (QED) is 0.500. The summed E-state index contributed by atoms with van der Waals surface area (Å²) < 4.78 is 16.8. The van der Waals surface area contributed by atoms with Crippen LogP contribution < -0.4 is 19.1 Å². The van der Waals surface area contributed by atoms with Crippen molar-refractivity contribution in [2.45, 2.75) is 32.7 Å². The number of benzene rings is 1. The molecule has 2 aliphatic rings. The lowest BCUT2D eigenvalue weighted by atomic mass is 9.86. The van der Waals surface area contributed by atoms with Crippen molar-refractivity contribution in [3.63, 3.8) is 0 Å². The standard InChI is InChI=1S/C17H24N2O4/c1-10(2)12(18-20)8-13-15-11(5-6-19(13)3)7-14-16(17(15)21-4)23-9-22-14/h7,10,13,20H,5-6,8-9H2,1-4H3/p+1/t13-/m1/s1. The summed E-state index contributed by atoms with van der Waals surface area (Å²) in [6, 6.07) is 2.25. The molecule has 23 heavy (non-hydrogen) atoms. The second kappa shape index (κ2) is 6.28.